The van der Waals surface area contributed by atoms with E-state index in [0.29, 0.717) is 19.3 Å². The second-order valence-electron chi connectivity index (χ2n) is 15.6. The Kier molecular flexibility index (Phi) is 32.7. The molecule has 0 radical (unpaired) electrons. The van der Waals surface area contributed by atoms with Crippen molar-refractivity contribution in [3.8, 4) is 0 Å². The fourth-order valence-corrected chi connectivity index (χ4v) is 6.96. The number of hydrogen-bond acceptors (Lipinski definition) is 9. The lowest BCUT2D eigenvalue weighted by Crippen LogP contribution is -2.60. The Morgan fingerprint density at radius 2 is 1.09 bits per heavy atom. The van der Waals surface area contributed by atoms with Gasteiger partial charge in [-0.05, 0) is 44.9 Å². The Hall–Kier alpha value is -1.37. The minimum absolute atomic E-state index is 0.258. The van der Waals surface area contributed by atoms with Gasteiger partial charge in [-0.15, -0.1) is 0 Å². The van der Waals surface area contributed by atoms with Gasteiger partial charge in [0, 0.05) is 0 Å². The summed E-state index contributed by atoms with van der Waals surface area (Å²) < 4.78 is 11.2. The third-order valence-electron chi connectivity index (χ3n) is 10.7. The van der Waals surface area contributed by atoms with Gasteiger partial charge in [-0.2, -0.15) is 0 Å². The summed E-state index contributed by atoms with van der Waals surface area (Å²) in [5, 5.41) is 64.7. The van der Waals surface area contributed by atoms with Crippen LogP contribution in [0, 0.1) is 0 Å². The van der Waals surface area contributed by atoms with Crippen LogP contribution in [0.2, 0.25) is 0 Å². The number of carbonyl (C=O) groups excluding carboxylic acids is 1. The van der Waals surface area contributed by atoms with Crippen molar-refractivity contribution in [3.63, 3.8) is 0 Å². The largest absolute Gasteiger partial charge is 0.394 e. The molecule has 1 saturated heterocycles. The topological polar surface area (TPSA) is 169 Å². The molecule has 8 unspecified atom stereocenters. The lowest BCUT2D eigenvalue weighted by molar-refractivity contribution is -0.302. The molecule has 8 atom stereocenters. The Labute approximate surface area is 329 Å². The number of carbonyl (C=O) groups is 1. The van der Waals surface area contributed by atoms with Crippen LogP contribution in [0.4, 0.5) is 0 Å². The summed E-state index contributed by atoms with van der Waals surface area (Å²) in [7, 11) is 0. The maximum absolute atomic E-state index is 13.0. The second-order valence-corrected chi connectivity index (χ2v) is 15.6. The molecule has 0 spiro atoms. The Bertz CT molecular complexity index is 916. The fraction of sp³-hybridized carbons (Fsp3) is 0.886. The summed E-state index contributed by atoms with van der Waals surface area (Å²) in [6.07, 6.45) is 29.3. The predicted octanol–water partition coefficient (Wildman–Crippen LogP) is 7.69. The molecule has 0 bridgehead atoms. The first-order chi connectivity index (χ1) is 26.3. The molecule has 0 aromatic rings. The fourth-order valence-electron chi connectivity index (χ4n) is 6.96. The van der Waals surface area contributed by atoms with Gasteiger partial charge in [0.1, 0.15) is 30.5 Å². The monoisotopic (exact) mass is 770 g/mol. The average Bonchev–Trinajstić information content (AvgIpc) is 3.17. The standard InChI is InChI=1S/C44H83NO9/c1-3-5-7-9-11-13-15-17-18-19-21-23-25-27-29-31-33-38(48)43(52)45-36(35-53-44-42(51)41(50)40(49)39(34-46)54-44)37(47)32-30-28-26-24-22-20-16-14-12-10-8-6-4-2/h11,13,17-18,36-42,44,46-51H,3-10,12,14-16,19-35H2,1-2H3,(H,45,52)/b13-11-,18-17-. The van der Waals surface area contributed by atoms with E-state index in [0.717, 1.165) is 70.6 Å². The van der Waals surface area contributed by atoms with Gasteiger partial charge in [-0.1, -0.05) is 167 Å². The van der Waals surface area contributed by atoms with Crippen LogP contribution in [0.1, 0.15) is 187 Å². The maximum atomic E-state index is 13.0. The minimum atomic E-state index is -1.60. The molecule has 0 aliphatic carbocycles. The second kappa shape index (κ2) is 34.8. The number of unbranched alkanes of at least 4 members (excludes halogenated alkanes) is 21. The van der Waals surface area contributed by atoms with Crippen LogP contribution in [0.5, 0.6) is 0 Å². The molecule has 0 aromatic heterocycles. The zero-order chi connectivity index (χ0) is 39.7. The number of rotatable bonds is 36. The molecule has 1 aliphatic heterocycles. The first kappa shape index (κ1) is 50.6. The van der Waals surface area contributed by atoms with E-state index in [1.54, 1.807) is 0 Å². The SMILES string of the molecule is CCCCC/C=C\C/C=C\CCCCCCCCC(O)C(=O)NC(COC1OC(CO)C(O)C(O)C1O)C(O)CCCCCCCCCCCCCCC. The van der Waals surface area contributed by atoms with Crippen molar-refractivity contribution in [2.75, 3.05) is 13.2 Å². The van der Waals surface area contributed by atoms with Gasteiger partial charge in [0.15, 0.2) is 6.29 Å². The van der Waals surface area contributed by atoms with Crippen molar-refractivity contribution in [1.82, 2.24) is 5.32 Å². The van der Waals surface area contributed by atoms with Crippen molar-refractivity contribution in [2.24, 2.45) is 0 Å². The first-order valence-corrected chi connectivity index (χ1v) is 22.1. The number of hydrogen-bond donors (Lipinski definition) is 7. The smallest absolute Gasteiger partial charge is 0.249 e. The summed E-state index contributed by atoms with van der Waals surface area (Å²) in [5.41, 5.74) is 0. The van der Waals surface area contributed by atoms with Gasteiger partial charge < -0.3 is 45.4 Å². The molecule has 1 heterocycles. The molecule has 0 aromatic carbocycles. The van der Waals surface area contributed by atoms with Crippen LogP contribution in [-0.2, 0) is 14.3 Å². The van der Waals surface area contributed by atoms with Crippen molar-refractivity contribution >= 4 is 5.91 Å². The highest BCUT2D eigenvalue weighted by atomic mass is 16.7. The summed E-state index contributed by atoms with van der Waals surface area (Å²) in [5.74, 6) is -0.593. The van der Waals surface area contributed by atoms with E-state index in [1.807, 2.05) is 0 Å². The van der Waals surface area contributed by atoms with Crippen molar-refractivity contribution in [1.29, 1.82) is 0 Å². The molecule has 1 amide bonds. The molecule has 54 heavy (non-hydrogen) atoms. The van der Waals surface area contributed by atoms with Gasteiger partial charge in [0.2, 0.25) is 5.91 Å². The lowest BCUT2D eigenvalue weighted by Gasteiger charge is -2.40. The number of allylic oxidation sites excluding steroid dienone is 4. The number of amides is 1. The third-order valence-corrected chi connectivity index (χ3v) is 10.7. The first-order valence-electron chi connectivity index (χ1n) is 22.1. The van der Waals surface area contributed by atoms with E-state index in [4.69, 9.17) is 9.47 Å². The Morgan fingerprint density at radius 1 is 0.630 bits per heavy atom. The van der Waals surface area contributed by atoms with Gasteiger partial charge >= 0.3 is 0 Å². The molecule has 0 saturated carbocycles. The number of ether oxygens (including phenoxy) is 2. The zero-order valence-electron chi connectivity index (χ0n) is 34.3. The predicted molar refractivity (Wildman–Crippen MR) is 218 cm³/mol. The Balaban J connectivity index is 2.42. The highest BCUT2D eigenvalue weighted by molar-refractivity contribution is 5.80. The van der Waals surface area contributed by atoms with E-state index >= 15 is 0 Å². The zero-order valence-corrected chi connectivity index (χ0v) is 34.3. The van der Waals surface area contributed by atoms with Crippen LogP contribution in [0.15, 0.2) is 24.3 Å². The number of aliphatic hydroxyl groups is 6. The summed E-state index contributed by atoms with van der Waals surface area (Å²) in [6, 6.07) is -0.896. The molecule has 10 heteroatoms. The van der Waals surface area contributed by atoms with Crippen molar-refractivity contribution in [3.05, 3.63) is 24.3 Å². The molecule has 1 rings (SSSR count). The number of nitrogens with one attached hydrogen (secondary N) is 1. The summed E-state index contributed by atoms with van der Waals surface area (Å²) >= 11 is 0. The van der Waals surface area contributed by atoms with Crippen LogP contribution in [0.25, 0.3) is 0 Å². The molecular formula is C44H83NO9. The normalized spacial score (nSPS) is 22.3. The quantitative estimate of drug-likeness (QED) is 0.0250. The van der Waals surface area contributed by atoms with Gasteiger partial charge in [-0.3, -0.25) is 4.79 Å². The van der Waals surface area contributed by atoms with Crippen LogP contribution < -0.4 is 5.32 Å². The average molecular weight is 770 g/mol. The van der Waals surface area contributed by atoms with E-state index < -0.39 is 61.5 Å². The van der Waals surface area contributed by atoms with E-state index in [2.05, 4.69) is 43.5 Å². The summed E-state index contributed by atoms with van der Waals surface area (Å²) in [4.78, 5) is 13.0. The Morgan fingerprint density at radius 3 is 1.63 bits per heavy atom. The molecule has 318 valence electrons. The maximum Gasteiger partial charge on any atom is 0.249 e. The molecule has 1 aliphatic rings. The highest BCUT2D eigenvalue weighted by Gasteiger charge is 2.44. The van der Waals surface area contributed by atoms with Gasteiger partial charge in [-0.25, -0.2) is 0 Å². The third kappa shape index (κ3) is 25.0. The van der Waals surface area contributed by atoms with Crippen LogP contribution in [-0.4, -0.2) is 98.7 Å². The molecule has 10 nitrogen and oxygen atoms in total. The van der Waals surface area contributed by atoms with Crippen molar-refractivity contribution < 1.29 is 44.9 Å². The van der Waals surface area contributed by atoms with Crippen molar-refractivity contribution in [2.45, 2.75) is 236 Å². The highest BCUT2D eigenvalue weighted by Crippen LogP contribution is 2.23. The van der Waals surface area contributed by atoms with Crippen LogP contribution >= 0.6 is 0 Å². The molecular weight excluding hydrogens is 686 g/mol. The summed E-state index contributed by atoms with van der Waals surface area (Å²) in [6.45, 7) is 3.62. The lowest BCUT2D eigenvalue weighted by atomic mass is 9.99. The van der Waals surface area contributed by atoms with E-state index in [1.165, 1.54) is 83.5 Å². The molecule has 7 N–H and O–H groups in total. The van der Waals surface area contributed by atoms with Crippen LogP contribution in [0.3, 0.4) is 0 Å². The van der Waals surface area contributed by atoms with Gasteiger partial charge in [0.25, 0.3) is 0 Å². The van der Waals surface area contributed by atoms with Gasteiger partial charge in [0.05, 0.1) is 25.4 Å². The minimum Gasteiger partial charge on any atom is -0.394 e. The van der Waals surface area contributed by atoms with E-state index in [9.17, 15) is 35.4 Å². The molecule has 1 fully saturated rings. The number of aliphatic hydroxyl groups excluding tert-OH is 6. The van der Waals surface area contributed by atoms with E-state index in [-0.39, 0.29) is 6.61 Å².